The lowest BCUT2D eigenvalue weighted by Gasteiger charge is -2.08. The van der Waals surface area contributed by atoms with Crippen molar-refractivity contribution in [3.05, 3.63) is 54.3 Å². The summed E-state index contributed by atoms with van der Waals surface area (Å²) in [5.41, 5.74) is 8.28. The van der Waals surface area contributed by atoms with E-state index in [1.165, 1.54) is 12.1 Å². The van der Waals surface area contributed by atoms with Gasteiger partial charge in [0.25, 0.3) is 0 Å². The Bertz CT molecular complexity index is 1300. The Labute approximate surface area is 168 Å². The third-order valence-electron chi connectivity index (χ3n) is 4.92. The van der Waals surface area contributed by atoms with E-state index in [9.17, 15) is 12.8 Å². The van der Waals surface area contributed by atoms with E-state index in [-0.39, 0.29) is 21.1 Å². The van der Waals surface area contributed by atoms with Crippen LogP contribution >= 0.6 is 0 Å². The second-order valence-electron chi connectivity index (χ2n) is 6.92. The van der Waals surface area contributed by atoms with Gasteiger partial charge >= 0.3 is 0 Å². The number of hydrogen-bond donors (Lipinski definition) is 1. The molecule has 0 amide bonds. The van der Waals surface area contributed by atoms with Gasteiger partial charge in [0.2, 0.25) is 9.84 Å². The van der Waals surface area contributed by atoms with Crippen molar-refractivity contribution < 1.29 is 12.8 Å². The number of hydrogen-bond acceptors (Lipinski definition) is 5. The van der Waals surface area contributed by atoms with Crippen LogP contribution in [-0.2, 0) is 16.4 Å². The summed E-state index contributed by atoms with van der Waals surface area (Å²) in [6.45, 7) is 2.64. The first-order valence-electron chi connectivity index (χ1n) is 9.48. The molecule has 2 aromatic carbocycles. The lowest BCUT2D eigenvalue weighted by atomic mass is 10.2. The quantitative estimate of drug-likeness (QED) is 0.376. The molecule has 0 bridgehead atoms. The Hall–Kier alpha value is -3.00. The van der Waals surface area contributed by atoms with E-state index in [0.29, 0.717) is 23.2 Å². The van der Waals surface area contributed by atoms with Crippen LogP contribution in [-0.4, -0.2) is 23.0 Å². The molecule has 0 aliphatic carbocycles. The average molecular weight is 412 g/mol. The van der Waals surface area contributed by atoms with Crippen LogP contribution in [0.15, 0.2) is 58.3 Å². The van der Waals surface area contributed by atoms with Gasteiger partial charge in [0.1, 0.15) is 22.0 Å². The SMILES string of the molecule is CCCCCn1c(N)c(S(=O)(=O)c2ccc(F)cc2)c2nc3ccccc3nc21. The first-order valence-corrected chi connectivity index (χ1v) is 11.0. The van der Waals surface area contributed by atoms with Crippen molar-refractivity contribution in [3.63, 3.8) is 0 Å². The normalized spacial score (nSPS) is 12.1. The van der Waals surface area contributed by atoms with Crippen LogP contribution in [0, 0.1) is 5.82 Å². The van der Waals surface area contributed by atoms with Gasteiger partial charge in [-0.2, -0.15) is 0 Å². The molecule has 0 fully saturated rings. The lowest BCUT2D eigenvalue weighted by Crippen LogP contribution is -2.08. The highest BCUT2D eigenvalue weighted by Gasteiger charge is 2.30. The Morgan fingerprint density at radius 1 is 1.00 bits per heavy atom. The largest absolute Gasteiger partial charge is 0.384 e. The van der Waals surface area contributed by atoms with Gasteiger partial charge in [-0.3, -0.25) is 0 Å². The minimum absolute atomic E-state index is 0.0341. The Morgan fingerprint density at radius 2 is 1.66 bits per heavy atom. The van der Waals surface area contributed by atoms with E-state index < -0.39 is 15.7 Å². The summed E-state index contributed by atoms with van der Waals surface area (Å²) in [4.78, 5) is 9.13. The first kappa shape index (κ1) is 19.3. The third-order valence-corrected chi connectivity index (χ3v) is 6.76. The van der Waals surface area contributed by atoms with Gasteiger partial charge in [-0.15, -0.1) is 0 Å². The maximum atomic E-state index is 13.4. The number of anilines is 1. The first-order chi connectivity index (χ1) is 13.9. The molecule has 2 heterocycles. The van der Waals surface area contributed by atoms with E-state index in [2.05, 4.69) is 16.9 Å². The van der Waals surface area contributed by atoms with Crippen molar-refractivity contribution in [2.75, 3.05) is 5.73 Å². The number of rotatable bonds is 6. The maximum absolute atomic E-state index is 13.4. The molecule has 4 aromatic rings. The molecule has 0 aliphatic heterocycles. The number of para-hydroxylation sites is 2. The van der Waals surface area contributed by atoms with Crippen molar-refractivity contribution in [3.8, 4) is 0 Å². The molecule has 0 saturated heterocycles. The molecule has 2 N–H and O–H groups in total. The fraction of sp³-hybridized carbons (Fsp3) is 0.238. The molecule has 8 heteroatoms. The molecule has 0 aliphatic rings. The van der Waals surface area contributed by atoms with Crippen LogP contribution < -0.4 is 5.73 Å². The summed E-state index contributed by atoms with van der Waals surface area (Å²) in [6.07, 6.45) is 2.85. The van der Waals surface area contributed by atoms with Gasteiger partial charge in [0.15, 0.2) is 5.65 Å². The molecule has 0 saturated carbocycles. The van der Waals surface area contributed by atoms with Crippen molar-refractivity contribution in [2.45, 2.75) is 42.5 Å². The molecule has 6 nitrogen and oxygen atoms in total. The van der Waals surface area contributed by atoms with Crippen molar-refractivity contribution >= 4 is 37.9 Å². The molecule has 0 unspecified atom stereocenters. The number of nitrogen functional groups attached to an aromatic ring is 1. The van der Waals surface area contributed by atoms with Crippen LogP contribution in [0.25, 0.3) is 22.2 Å². The number of benzene rings is 2. The zero-order valence-corrected chi connectivity index (χ0v) is 16.8. The van der Waals surface area contributed by atoms with Gasteiger partial charge in [0.05, 0.1) is 15.9 Å². The lowest BCUT2D eigenvalue weighted by molar-refractivity contribution is 0.593. The number of nitrogens with two attached hydrogens (primary N) is 1. The minimum Gasteiger partial charge on any atom is -0.384 e. The summed E-state index contributed by atoms with van der Waals surface area (Å²) >= 11 is 0. The molecule has 2 aromatic heterocycles. The number of sulfone groups is 1. The summed E-state index contributed by atoms with van der Waals surface area (Å²) < 4.78 is 41.8. The van der Waals surface area contributed by atoms with Crippen LogP contribution in [0.4, 0.5) is 10.2 Å². The number of fused-ring (bicyclic) bond motifs is 2. The second-order valence-corrected chi connectivity index (χ2v) is 8.80. The smallest absolute Gasteiger partial charge is 0.212 e. The molecule has 4 rings (SSSR count). The summed E-state index contributed by atoms with van der Waals surface area (Å²) in [7, 11) is -4.01. The van der Waals surface area contributed by atoms with Crippen LogP contribution in [0.1, 0.15) is 26.2 Å². The molecular formula is C21H21FN4O2S. The fourth-order valence-corrected chi connectivity index (χ4v) is 4.94. The van der Waals surface area contributed by atoms with Crippen molar-refractivity contribution in [1.82, 2.24) is 14.5 Å². The van der Waals surface area contributed by atoms with Crippen molar-refractivity contribution in [1.29, 1.82) is 0 Å². The highest BCUT2D eigenvalue weighted by Crippen LogP contribution is 2.35. The van der Waals surface area contributed by atoms with Gasteiger partial charge < -0.3 is 10.3 Å². The number of halogens is 1. The number of aryl methyl sites for hydroxylation is 1. The summed E-state index contributed by atoms with van der Waals surface area (Å²) in [5, 5.41) is 0. The highest BCUT2D eigenvalue weighted by atomic mass is 32.2. The van der Waals surface area contributed by atoms with Crippen LogP contribution in [0.5, 0.6) is 0 Å². The van der Waals surface area contributed by atoms with Gasteiger partial charge in [-0.1, -0.05) is 31.9 Å². The van der Waals surface area contributed by atoms with Gasteiger partial charge in [-0.25, -0.2) is 22.8 Å². The Kier molecular flexibility index (Phi) is 4.96. The molecule has 0 atom stereocenters. The molecule has 0 radical (unpaired) electrons. The van der Waals surface area contributed by atoms with E-state index >= 15 is 0 Å². The predicted octanol–water partition coefficient (Wildman–Crippen LogP) is 4.33. The highest BCUT2D eigenvalue weighted by molar-refractivity contribution is 7.92. The van der Waals surface area contributed by atoms with Gasteiger partial charge in [0, 0.05) is 6.54 Å². The Balaban J connectivity index is 2.00. The zero-order chi connectivity index (χ0) is 20.6. The molecular weight excluding hydrogens is 391 g/mol. The third kappa shape index (κ3) is 3.33. The summed E-state index contributed by atoms with van der Waals surface area (Å²) in [5.74, 6) is -0.402. The van der Waals surface area contributed by atoms with E-state index in [1.807, 2.05) is 18.2 Å². The second kappa shape index (κ2) is 7.44. The molecule has 29 heavy (non-hydrogen) atoms. The minimum atomic E-state index is -4.01. The van der Waals surface area contributed by atoms with E-state index in [1.54, 1.807) is 10.6 Å². The molecule has 0 spiro atoms. The van der Waals surface area contributed by atoms with Crippen LogP contribution in [0.3, 0.4) is 0 Å². The topological polar surface area (TPSA) is 90.9 Å². The fourth-order valence-electron chi connectivity index (χ4n) is 3.43. The summed E-state index contributed by atoms with van der Waals surface area (Å²) in [6, 6.07) is 12.0. The van der Waals surface area contributed by atoms with E-state index in [4.69, 9.17) is 5.73 Å². The zero-order valence-electron chi connectivity index (χ0n) is 16.0. The number of unbranched alkanes of at least 4 members (excludes halogenated alkanes) is 2. The Morgan fingerprint density at radius 3 is 2.31 bits per heavy atom. The van der Waals surface area contributed by atoms with Gasteiger partial charge in [-0.05, 0) is 42.8 Å². The maximum Gasteiger partial charge on any atom is 0.212 e. The molecule has 150 valence electrons. The van der Waals surface area contributed by atoms with Crippen molar-refractivity contribution in [2.24, 2.45) is 0 Å². The predicted molar refractivity (Wildman–Crippen MR) is 111 cm³/mol. The number of nitrogens with zero attached hydrogens (tertiary/aromatic N) is 3. The average Bonchev–Trinajstić information content (AvgIpc) is 2.98. The van der Waals surface area contributed by atoms with Crippen LogP contribution in [0.2, 0.25) is 0 Å². The van der Waals surface area contributed by atoms with E-state index in [0.717, 1.165) is 31.4 Å². The number of aromatic nitrogens is 3. The standard InChI is InChI=1S/C21H21FN4O2S/c1-2-3-6-13-26-20(23)19(29(27,28)15-11-9-14(22)10-12-15)18-21(26)25-17-8-5-4-7-16(17)24-18/h4-5,7-12H,2-3,6,13,23H2,1H3. The monoisotopic (exact) mass is 412 g/mol.